The van der Waals surface area contributed by atoms with Gasteiger partial charge in [0.1, 0.15) is 7.11 Å². The Bertz CT molecular complexity index is 317. The minimum atomic E-state index is -0.232. The summed E-state index contributed by atoms with van der Waals surface area (Å²) in [6.07, 6.45) is 3.07. The number of carbonyl (C=O) groups excluding carboxylic acids is 1. The van der Waals surface area contributed by atoms with Crippen molar-refractivity contribution in [2.45, 2.75) is 47.0 Å². The highest BCUT2D eigenvalue weighted by Crippen LogP contribution is 2.39. The molecule has 0 aliphatic heterocycles. The molecule has 0 spiro atoms. The van der Waals surface area contributed by atoms with Crippen molar-refractivity contribution in [2.75, 3.05) is 13.7 Å². The molecule has 0 N–H and O–H groups in total. The van der Waals surface area contributed by atoms with Crippen LogP contribution in [-0.2, 0) is 14.4 Å². The average Bonchev–Trinajstić information content (AvgIpc) is 2.26. The van der Waals surface area contributed by atoms with Crippen LogP contribution in [0.15, 0.2) is 5.16 Å². The summed E-state index contributed by atoms with van der Waals surface area (Å²) in [5.41, 5.74) is 1.31. The smallest absolute Gasteiger partial charge is 0.302 e. The second-order valence-electron chi connectivity index (χ2n) is 6.10. The molecule has 104 valence electrons. The van der Waals surface area contributed by atoms with Crippen molar-refractivity contribution >= 4 is 11.7 Å². The molecule has 0 heterocycles. The molecule has 4 nitrogen and oxygen atoms in total. The molecule has 0 aromatic rings. The minimum absolute atomic E-state index is 0.201. The number of ether oxygens (including phenoxy) is 1. The van der Waals surface area contributed by atoms with Gasteiger partial charge < -0.3 is 9.57 Å². The molecular formula is C14H25NO3. The van der Waals surface area contributed by atoms with Crippen molar-refractivity contribution in [2.24, 2.45) is 22.4 Å². The van der Waals surface area contributed by atoms with Crippen molar-refractivity contribution in [3.63, 3.8) is 0 Å². The minimum Gasteiger partial charge on any atom is -0.465 e. The maximum absolute atomic E-state index is 10.9. The molecule has 1 aliphatic carbocycles. The van der Waals surface area contributed by atoms with Crippen LogP contribution >= 0.6 is 0 Å². The third kappa shape index (κ3) is 4.31. The Morgan fingerprint density at radius 2 is 2.11 bits per heavy atom. The summed E-state index contributed by atoms with van der Waals surface area (Å²) in [6.45, 7) is 8.65. The third-order valence-corrected chi connectivity index (χ3v) is 3.71. The lowest BCUT2D eigenvalue weighted by molar-refractivity contribution is -0.141. The maximum Gasteiger partial charge on any atom is 0.302 e. The molecule has 1 saturated carbocycles. The molecule has 1 rings (SSSR count). The summed E-state index contributed by atoms with van der Waals surface area (Å²) < 4.78 is 5.14. The Labute approximate surface area is 110 Å². The molecule has 0 unspecified atom stereocenters. The number of oxime groups is 1. The predicted molar refractivity (Wildman–Crippen MR) is 71.4 cm³/mol. The summed E-state index contributed by atoms with van der Waals surface area (Å²) in [5, 5.41) is 4.08. The van der Waals surface area contributed by atoms with Crippen LogP contribution in [0.4, 0.5) is 0 Å². The van der Waals surface area contributed by atoms with Crippen LogP contribution < -0.4 is 0 Å². The molecule has 0 aromatic heterocycles. The summed E-state index contributed by atoms with van der Waals surface area (Å²) in [5.74, 6) is 0.602. The Morgan fingerprint density at radius 3 is 2.61 bits per heavy atom. The fraction of sp³-hybridized carbons (Fsp3) is 0.857. The first-order valence-corrected chi connectivity index (χ1v) is 6.58. The first-order valence-electron chi connectivity index (χ1n) is 6.58. The summed E-state index contributed by atoms with van der Waals surface area (Å²) in [7, 11) is 1.56. The van der Waals surface area contributed by atoms with Gasteiger partial charge in [0.2, 0.25) is 0 Å². The van der Waals surface area contributed by atoms with Gasteiger partial charge in [-0.3, -0.25) is 4.79 Å². The van der Waals surface area contributed by atoms with E-state index in [2.05, 4.69) is 25.9 Å². The van der Waals surface area contributed by atoms with Gasteiger partial charge in [-0.25, -0.2) is 0 Å². The Kier molecular flexibility index (Phi) is 5.17. The molecule has 4 heteroatoms. The zero-order valence-electron chi connectivity index (χ0n) is 12.2. The van der Waals surface area contributed by atoms with E-state index >= 15 is 0 Å². The molecule has 0 bridgehead atoms. The van der Waals surface area contributed by atoms with Gasteiger partial charge in [0.15, 0.2) is 0 Å². The van der Waals surface area contributed by atoms with Crippen LogP contribution in [0.1, 0.15) is 47.0 Å². The SMILES string of the molecule is CO/N=C1/CC[C@H](C(C)(C)C)C[C@@H]1COC(C)=O. The van der Waals surface area contributed by atoms with Gasteiger partial charge in [0.25, 0.3) is 0 Å². The highest BCUT2D eigenvalue weighted by molar-refractivity contribution is 5.87. The number of esters is 1. The first-order chi connectivity index (χ1) is 8.34. The normalized spacial score (nSPS) is 27.1. The monoisotopic (exact) mass is 255 g/mol. The van der Waals surface area contributed by atoms with Crippen molar-refractivity contribution < 1.29 is 14.4 Å². The number of carbonyl (C=O) groups is 1. The number of hydrogen-bond acceptors (Lipinski definition) is 4. The molecule has 0 saturated heterocycles. The molecule has 1 aliphatic rings. The van der Waals surface area contributed by atoms with E-state index in [0.717, 1.165) is 25.0 Å². The molecular weight excluding hydrogens is 230 g/mol. The van der Waals surface area contributed by atoms with Gasteiger partial charge >= 0.3 is 5.97 Å². The summed E-state index contributed by atoms with van der Waals surface area (Å²) >= 11 is 0. The van der Waals surface area contributed by atoms with Gasteiger partial charge in [-0.15, -0.1) is 0 Å². The second-order valence-corrected chi connectivity index (χ2v) is 6.10. The summed E-state index contributed by atoms with van der Waals surface area (Å²) in [4.78, 5) is 15.8. The van der Waals surface area contributed by atoms with Gasteiger partial charge in [-0.2, -0.15) is 0 Å². The Morgan fingerprint density at radius 1 is 1.44 bits per heavy atom. The van der Waals surface area contributed by atoms with Gasteiger partial charge in [-0.05, 0) is 30.6 Å². The summed E-state index contributed by atoms with van der Waals surface area (Å²) in [6, 6.07) is 0. The van der Waals surface area contributed by atoms with Crippen LogP contribution in [0.25, 0.3) is 0 Å². The fourth-order valence-corrected chi connectivity index (χ4v) is 2.53. The maximum atomic E-state index is 10.9. The molecule has 1 fully saturated rings. The quantitative estimate of drug-likeness (QED) is 0.575. The van der Waals surface area contributed by atoms with Gasteiger partial charge in [0, 0.05) is 12.8 Å². The standard InChI is InChI=1S/C14H25NO3/c1-10(16)18-9-11-8-12(14(2,3)4)6-7-13(11)15-17-5/h11-12H,6-9H2,1-5H3/b15-13-/t11-,12+/m1/s1. The zero-order chi connectivity index (χ0) is 13.8. The van der Waals surface area contributed by atoms with E-state index in [1.54, 1.807) is 7.11 Å². The van der Waals surface area contributed by atoms with Crippen LogP contribution in [0.3, 0.4) is 0 Å². The topological polar surface area (TPSA) is 47.9 Å². The van der Waals surface area contributed by atoms with Crippen molar-refractivity contribution in [1.29, 1.82) is 0 Å². The lowest BCUT2D eigenvalue weighted by Gasteiger charge is -2.37. The molecule has 18 heavy (non-hydrogen) atoms. The van der Waals surface area contributed by atoms with Crippen LogP contribution in [0.5, 0.6) is 0 Å². The van der Waals surface area contributed by atoms with Crippen molar-refractivity contribution in [3.05, 3.63) is 0 Å². The highest BCUT2D eigenvalue weighted by atomic mass is 16.6. The molecule has 0 aromatic carbocycles. The van der Waals surface area contributed by atoms with E-state index in [0.29, 0.717) is 12.5 Å². The van der Waals surface area contributed by atoms with Gasteiger partial charge in [0.05, 0.1) is 12.3 Å². The third-order valence-electron chi connectivity index (χ3n) is 3.71. The zero-order valence-corrected chi connectivity index (χ0v) is 12.2. The molecule has 0 radical (unpaired) electrons. The van der Waals surface area contributed by atoms with E-state index in [1.807, 2.05) is 0 Å². The van der Waals surface area contributed by atoms with E-state index in [9.17, 15) is 4.79 Å². The van der Waals surface area contributed by atoms with Gasteiger partial charge in [-0.1, -0.05) is 25.9 Å². The molecule has 0 amide bonds. The van der Waals surface area contributed by atoms with E-state index in [4.69, 9.17) is 9.57 Å². The largest absolute Gasteiger partial charge is 0.465 e. The van der Waals surface area contributed by atoms with Crippen LogP contribution in [0, 0.1) is 17.3 Å². The molecule has 2 atom stereocenters. The van der Waals surface area contributed by atoms with Crippen molar-refractivity contribution in [1.82, 2.24) is 0 Å². The Hall–Kier alpha value is -1.06. The van der Waals surface area contributed by atoms with E-state index < -0.39 is 0 Å². The Balaban J connectivity index is 2.70. The van der Waals surface area contributed by atoms with Crippen LogP contribution in [0.2, 0.25) is 0 Å². The van der Waals surface area contributed by atoms with Crippen LogP contribution in [-0.4, -0.2) is 25.4 Å². The average molecular weight is 255 g/mol. The lowest BCUT2D eigenvalue weighted by atomic mass is 9.68. The number of hydrogen-bond donors (Lipinski definition) is 0. The number of rotatable bonds is 3. The van der Waals surface area contributed by atoms with Crippen molar-refractivity contribution in [3.8, 4) is 0 Å². The lowest BCUT2D eigenvalue weighted by Crippen LogP contribution is -2.34. The fourth-order valence-electron chi connectivity index (χ4n) is 2.53. The number of nitrogens with zero attached hydrogens (tertiary/aromatic N) is 1. The second kappa shape index (κ2) is 6.21. The van der Waals surface area contributed by atoms with E-state index in [1.165, 1.54) is 6.92 Å². The predicted octanol–water partition coefficient (Wildman–Crippen LogP) is 3.01. The van der Waals surface area contributed by atoms with E-state index in [-0.39, 0.29) is 17.3 Å². The highest BCUT2D eigenvalue weighted by Gasteiger charge is 2.34. The first kappa shape index (κ1) is 15.0.